The second-order valence-electron chi connectivity index (χ2n) is 7.48. The second-order valence-corrected chi connectivity index (χ2v) is 7.48. The summed E-state index contributed by atoms with van der Waals surface area (Å²) in [6.07, 6.45) is 0. The van der Waals surface area contributed by atoms with Gasteiger partial charge in [-0.25, -0.2) is 4.98 Å². The molecule has 3 heterocycles. The van der Waals surface area contributed by atoms with Gasteiger partial charge in [0.25, 0.3) is 11.8 Å². The highest BCUT2D eigenvalue weighted by molar-refractivity contribution is 6.22. The number of nitrogens with zero attached hydrogens (tertiary/aromatic N) is 4. The fraction of sp³-hybridized carbons (Fsp3) is 0.409. The van der Waals surface area contributed by atoms with E-state index in [1.807, 2.05) is 13.0 Å². The zero-order valence-corrected chi connectivity index (χ0v) is 16.9. The summed E-state index contributed by atoms with van der Waals surface area (Å²) in [4.78, 5) is 36.0. The summed E-state index contributed by atoms with van der Waals surface area (Å²) in [7, 11) is 0. The van der Waals surface area contributed by atoms with Crippen LogP contribution in [0.5, 0.6) is 5.88 Å². The Morgan fingerprint density at radius 2 is 1.69 bits per heavy atom. The van der Waals surface area contributed by atoms with E-state index in [9.17, 15) is 9.59 Å². The van der Waals surface area contributed by atoms with Gasteiger partial charge in [0.2, 0.25) is 5.88 Å². The molecule has 2 aliphatic rings. The number of hydrogen-bond acceptors (Lipinski definition) is 6. The van der Waals surface area contributed by atoms with Gasteiger partial charge in [0.1, 0.15) is 5.56 Å². The minimum absolute atomic E-state index is 0.260. The lowest BCUT2D eigenvalue weighted by Crippen LogP contribution is -2.50. The second kappa shape index (κ2) is 8.31. The van der Waals surface area contributed by atoms with Gasteiger partial charge >= 0.3 is 0 Å². The van der Waals surface area contributed by atoms with Crippen LogP contribution in [-0.2, 0) is 6.54 Å². The number of hydrogen-bond donors (Lipinski definition) is 0. The maximum Gasteiger partial charge on any atom is 0.268 e. The van der Waals surface area contributed by atoms with Crippen LogP contribution in [0.25, 0.3) is 0 Å². The highest BCUT2D eigenvalue weighted by atomic mass is 16.5. The standard InChI is InChI=1S/C22H26N4O3/c1-3-29-20-19-18(13-16(2)23-20)21(27)26(22(19)28)15-25-11-9-24(10-12-25)14-17-7-5-4-6-8-17/h4-8,13H,3,9-12,14-15H2,1-2H3. The molecule has 0 saturated carbocycles. The molecule has 152 valence electrons. The van der Waals surface area contributed by atoms with Gasteiger partial charge in [-0.1, -0.05) is 30.3 Å². The molecular formula is C22H26N4O3. The molecule has 1 saturated heterocycles. The van der Waals surface area contributed by atoms with Crippen molar-refractivity contribution in [3.8, 4) is 5.88 Å². The third-order valence-corrected chi connectivity index (χ3v) is 5.39. The largest absolute Gasteiger partial charge is 0.477 e. The molecule has 1 fully saturated rings. The fourth-order valence-electron chi connectivity index (χ4n) is 3.89. The molecule has 0 unspecified atom stereocenters. The van der Waals surface area contributed by atoms with E-state index in [4.69, 9.17) is 4.74 Å². The van der Waals surface area contributed by atoms with Gasteiger partial charge in [-0.15, -0.1) is 0 Å². The number of pyridine rings is 1. The molecule has 0 spiro atoms. The van der Waals surface area contributed by atoms with Crippen LogP contribution in [0.3, 0.4) is 0 Å². The number of piperazine rings is 1. The van der Waals surface area contributed by atoms with Crippen molar-refractivity contribution in [3.63, 3.8) is 0 Å². The summed E-state index contributed by atoms with van der Waals surface area (Å²) < 4.78 is 5.53. The minimum Gasteiger partial charge on any atom is -0.477 e. The highest BCUT2D eigenvalue weighted by Crippen LogP contribution is 2.30. The Labute approximate surface area is 170 Å². The predicted octanol–water partition coefficient (Wildman–Crippen LogP) is 2.16. The topological polar surface area (TPSA) is 66.0 Å². The van der Waals surface area contributed by atoms with Gasteiger partial charge in [-0.3, -0.25) is 24.3 Å². The third-order valence-electron chi connectivity index (χ3n) is 5.39. The maximum absolute atomic E-state index is 12.9. The number of carbonyl (C=O) groups excluding carboxylic acids is 2. The number of benzene rings is 1. The summed E-state index contributed by atoms with van der Waals surface area (Å²) >= 11 is 0. The van der Waals surface area contributed by atoms with Crippen LogP contribution in [0.4, 0.5) is 0 Å². The Bertz CT molecular complexity index is 908. The monoisotopic (exact) mass is 394 g/mol. The molecule has 1 aromatic heterocycles. The zero-order chi connectivity index (χ0) is 20.4. The molecule has 1 aromatic carbocycles. The van der Waals surface area contributed by atoms with Crippen molar-refractivity contribution in [1.29, 1.82) is 0 Å². The van der Waals surface area contributed by atoms with Crippen LogP contribution in [0, 0.1) is 6.92 Å². The summed E-state index contributed by atoms with van der Waals surface area (Å²) in [6.45, 7) is 8.70. The van der Waals surface area contributed by atoms with E-state index in [0.29, 0.717) is 30.1 Å². The fourth-order valence-corrected chi connectivity index (χ4v) is 3.89. The van der Waals surface area contributed by atoms with Crippen LogP contribution in [0.1, 0.15) is 38.9 Å². The van der Waals surface area contributed by atoms with Crippen molar-refractivity contribution in [2.24, 2.45) is 0 Å². The summed E-state index contributed by atoms with van der Waals surface area (Å²) in [5.74, 6) is -0.313. The van der Waals surface area contributed by atoms with E-state index in [1.54, 1.807) is 13.0 Å². The summed E-state index contributed by atoms with van der Waals surface area (Å²) in [5.41, 5.74) is 2.66. The average molecular weight is 394 g/mol. The SMILES string of the molecule is CCOc1nc(C)cc2c1C(=O)N(CN1CCN(Cc3ccccc3)CC1)C2=O. The molecule has 7 heteroatoms. The van der Waals surface area contributed by atoms with Crippen molar-refractivity contribution in [2.75, 3.05) is 39.5 Å². The number of amides is 2. The normalized spacial score (nSPS) is 17.7. The molecule has 7 nitrogen and oxygen atoms in total. The van der Waals surface area contributed by atoms with Gasteiger partial charge < -0.3 is 4.74 Å². The average Bonchev–Trinajstić information content (AvgIpc) is 2.95. The summed E-state index contributed by atoms with van der Waals surface area (Å²) in [6, 6.07) is 12.1. The summed E-state index contributed by atoms with van der Waals surface area (Å²) in [5, 5.41) is 0. The van der Waals surface area contributed by atoms with Crippen LogP contribution in [0.2, 0.25) is 0 Å². The van der Waals surface area contributed by atoms with E-state index in [1.165, 1.54) is 10.5 Å². The Morgan fingerprint density at radius 1 is 1.00 bits per heavy atom. The Morgan fingerprint density at radius 3 is 2.38 bits per heavy atom. The van der Waals surface area contributed by atoms with Gasteiger partial charge in [0, 0.05) is 38.4 Å². The Balaban J connectivity index is 1.40. The zero-order valence-electron chi connectivity index (χ0n) is 16.9. The smallest absolute Gasteiger partial charge is 0.268 e. The molecule has 4 rings (SSSR count). The predicted molar refractivity (Wildman–Crippen MR) is 109 cm³/mol. The van der Waals surface area contributed by atoms with Crippen molar-refractivity contribution in [1.82, 2.24) is 19.7 Å². The molecule has 0 N–H and O–H groups in total. The lowest BCUT2D eigenvalue weighted by Gasteiger charge is -2.36. The van der Waals surface area contributed by atoms with Crippen molar-refractivity contribution in [2.45, 2.75) is 20.4 Å². The number of aromatic nitrogens is 1. The van der Waals surface area contributed by atoms with Gasteiger partial charge in [-0.2, -0.15) is 0 Å². The van der Waals surface area contributed by atoms with E-state index >= 15 is 0 Å². The molecule has 0 bridgehead atoms. The maximum atomic E-state index is 12.9. The van der Waals surface area contributed by atoms with Crippen molar-refractivity contribution in [3.05, 3.63) is 58.8 Å². The first kappa shape index (κ1) is 19.5. The number of imide groups is 1. The number of fused-ring (bicyclic) bond motifs is 1. The van der Waals surface area contributed by atoms with E-state index in [-0.39, 0.29) is 17.7 Å². The van der Waals surface area contributed by atoms with Crippen molar-refractivity contribution >= 4 is 11.8 Å². The first-order valence-corrected chi connectivity index (χ1v) is 10.1. The molecule has 2 aromatic rings. The van der Waals surface area contributed by atoms with E-state index < -0.39 is 0 Å². The van der Waals surface area contributed by atoms with Gasteiger partial charge in [0.05, 0.1) is 18.8 Å². The number of carbonyl (C=O) groups is 2. The molecule has 0 radical (unpaired) electrons. The van der Waals surface area contributed by atoms with E-state index in [2.05, 4.69) is 39.0 Å². The molecule has 0 aliphatic carbocycles. The molecule has 2 aliphatic heterocycles. The Kier molecular flexibility index (Phi) is 5.60. The van der Waals surface area contributed by atoms with Gasteiger partial charge in [0.15, 0.2) is 0 Å². The highest BCUT2D eigenvalue weighted by Gasteiger charge is 2.40. The lowest BCUT2D eigenvalue weighted by atomic mass is 10.1. The molecule has 0 atom stereocenters. The van der Waals surface area contributed by atoms with Crippen LogP contribution in [0.15, 0.2) is 36.4 Å². The Hall–Kier alpha value is -2.77. The first-order chi connectivity index (χ1) is 14.1. The van der Waals surface area contributed by atoms with Crippen LogP contribution in [-0.4, -0.2) is 71.0 Å². The number of rotatable bonds is 6. The van der Waals surface area contributed by atoms with Crippen molar-refractivity contribution < 1.29 is 14.3 Å². The third kappa shape index (κ3) is 4.02. The van der Waals surface area contributed by atoms with Gasteiger partial charge in [-0.05, 0) is 25.5 Å². The first-order valence-electron chi connectivity index (χ1n) is 10.1. The van der Waals surface area contributed by atoms with Crippen LogP contribution >= 0.6 is 0 Å². The van der Waals surface area contributed by atoms with Crippen LogP contribution < -0.4 is 4.74 Å². The molecule has 29 heavy (non-hydrogen) atoms. The molecule has 2 amide bonds. The molecular weight excluding hydrogens is 368 g/mol. The number of aryl methyl sites for hydroxylation is 1. The quantitative estimate of drug-likeness (QED) is 0.700. The minimum atomic E-state index is -0.312. The van der Waals surface area contributed by atoms with E-state index in [0.717, 1.165) is 32.7 Å². The lowest BCUT2D eigenvalue weighted by molar-refractivity contribution is 0.0446. The number of ether oxygens (including phenoxy) is 1.